The number of rotatable bonds is 6. The number of anilines is 2. The van der Waals surface area contributed by atoms with Gasteiger partial charge in [0.2, 0.25) is 5.91 Å². The fraction of sp³-hybridized carbons (Fsp3) is 0.208. The van der Waals surface area contributed by atoms with Crippen LogP contribution in [-0.2, 0) is 4.79 Å². The number of nitrogens with zero attached hydrogens (tertiary/aromatic N) is 1. The van der Waals surface area contributed by atoms with Crippen LogP contribution in [-0.4, -0.2) is 16.8 Å². The number of aryl methyl sites for hydroxylation is 2. The van der Waals surface area contributed by atoms with Crippen molar-refractivity contribution < 1.29 is 9.59 Å². The summed E-state index contributed by atoms with van der Waals surface area (Å²) < 4.78 is 0. The number of amides is 2. The standard InChI is InChI=1S/C24H25N3O2S/c1-15(2)22(28)26-18-7-5-8-19(14-18)27-23(29)20-9-6-12-25-24(20)30-21-11-10-16(3)13-17(21)4/h5-15H,1-4H3,(H,26,28)(H,27,29). The second kappa shape index (κ2) is 9.59. The quantitative estimate of drug-likeness (QED) is 0.538. The molecule has 0 saturated heterocycles. The van der Waals surface area contributed by atoms with Crippen molar-refractivity contribution in [1.82, 2.24) is 4.98 Å². The molecule has 3 rings (SSSR count). The van der Waals surface area contributed by atoms with E-state index in [-0.39, 0.29) is 17.7 Å². The van der Waals surface area contributed by atoms with Gasteiger partial charge in [-0.05, 0) is 55.8 Å². The third-order valence-electron chi connectivity index (χ3n) is 4.47. The average molecular weight is 420 g/mol. The van der Waals surface area contributed by atoms with E-state index in [1.807, 2.05) is 19.9 Å². The van der Waals surface area contributed by atoms with Gasteiger partial charge >= 0.3 is 0 Å². The van der Waals surface area contributed by atoms with Gasteiger partial charge < -0.3 is 10.6 Å². The summed E-state index contributed by atoms with van der Waals surface area (Å²) in [6.07, 6.45) is 1.69. The van der Waals surface area contributed by atoms with E-state index in [1.165, 1.54) is 17.3 Å². The SMILES string of the molecule is Cc1ccc(Sc2ncccc2C(=O)Nc2cccc(NC(=O)C(C)C)c2)c(C)c1. The number of nitrogens with one attached hydrogen (secondary N) is 2. The van der Waals surface area contributed by atoms with Crippen molar-refractivity contribution in [2.45, 2.75) is 37.6 Å². The molecule has 0 aliphatic rings. The minimum Gasteiger partial charge on any atom is -0.326 e. The maximum atomic E-state index is 13.0. The molecule has 6 heteroatoms. The summed E-state index contributed by atoms with van der Waals surface area (Å²) in [5.41, 5.74) is 4.08. The smallest absolute Gasteiger partial charge is 0.258 e. The summed E-state index contributed by atoms with van der Waals surface area (Å²) in [5.74, 6) is -0.441. The van der Waals surface area contributed by atoms with Crippen LogP contribution in [0.4, 0.5) is 11.4 Å². The molecule has 1 heterocycles. The van der Waals surface area contributed by atoms with Gasteiger partial charge in [0.1, 0.15) is 5.03 Å². The maximum absolute atomic E-state index is 13.0. The Morgan fingerprint density at radius 3 is 2.37 bits per heavy atom. The lowest BCUT2D eigenvalue weighted by molar-refractivity contribution is -0.118. The molecule has 1 aromatic heterocycles. The van der Waals surface area contributed by atoms with Crippen molar-refractivity contribution in [2.24, 2.45) is 5.92 Å². The van der Waals surface area contributed by atoms with Crippen molar-refractivity contribution >= 4 is 35.0 Å². The van der Waals surface area contributed by atoms with E-state index in [9.17, 15) is 9.59 Å². The van der Waals surface area contributed by atoms with Gasteiger partial charge in [0.05, 0.1) is 5.56 Å². The van der Waals surface area contributed by atoms with Crippen LogP contribution >= 0.6 is 11.8 Å². The van der Waals surface area contributed by atoms with Crippen LogP contribution in [0.3, 0.4) is 0 Å². The van der Waals surface area contributed by atoms with Gasteiger partial charge in [0.25, 0.3) is 5.91 Å². The zero-order valence-electron chi connectivity index (χ0n) is 17.5. The molecule has 0 atom stereocenters. The summed E-state index contributed by atoms with van der Waals surface area (Å²) in [5, 5.41) is 6.39. The van der Waals surface area contributed by atoms with E-state index in [2.05, 4.69) is 41.6 Å². The van der Waals surface area contributed by atoms with Gasteiger partial charge in [-0.25, -0.2) is 4.98 Å². The summed E-state index contributed by atoms with van der Waals surface area (Å²) in [4.78, 5) is 30.4. The third-order valence-corrected chi connectivity index (χ3v) is 5.66. The second-order valence-corrected chi connectivity index (χ2v) is 8.44. The lowest BCUT2D eigenvalue weighted by Crippen LogP contribution is -2.18. The molecule has 0 fully saturated rings. The predicted octanol–water partition coefficient (Wildman–Crippen LogP) is 5.70. The molecule has 0 aliphatic heterocycles. The van der Waals surface area contributed by atoms with Crippen LogP contribution in [0.5, 0.6) is 0 Å². The van der Waals surface area contributed by atoms with E-state index >= 15 is 0 Å². The maximum Gasteiger partial charge on any atom is 0.258 e. The molecule has 2 N–H and O–H groups in total. The molecule has 0 saturated carbocycles. The molecular formula is C24H25N3O2S. The van der Waals surface area contributed by atoms with E-state index in [1.54, 1.807) is 42.6 Å². The van der Waals surface area contributed by atoms with Gasteiger partial charge in [-0.1, -0.05) is 49.4 Å². The molecule has 0 unspecified atom stereocenters. The van der Waals surface area contributed by atoms with Crippen molar-refractivity contribution in [3.8, 4) is 0 Å². The highest BCUT2D eigenvalue weighted by Gasteiger charge is 2.15. The Kier molecular flexibility index (Phi) is 6.90. The van der Waals surface area contributed by atoms with Crippen molar-refractivity contribution in [3.05, 3.63) is 77.5 Å². The molecule has 3 aromatic rings. The zero-order valence-corrected chi connectivity index (χ0v) is 18.3. The van der Waals surface area contributed by atoms with Crippen LogP contribution in [0.2, 0.25) is 0 Å². The van der Waals surface area contributed by atoms with E-state index in [0.717, 1.165) is 10.5 Å². The highest BCUT2D eigenvalue weighted by atomic mass is 32.2. The molecule has 0 bridgehead atoms. The number of aromatic nitrogens is 1. The second-order valence-electron chi connectivity index (χ2n) is 7.41. The van der Waals surface area contributed by atoms with E-state index < -0.39 is 0 Å². The summed E-state index contributed by atoms with van der Waals surface area (Å²) in [6.45, 7) is 7.77. The lowest BCUT2D eigenvalue weighted by Gasteiger charge is -2.12. The minimum absolute atomic E-state index is 0.0714. The minimum atomic E-state index is -0.247. The molecule has 0 aliphatic carbocycles. The van der Waals surface area contributed by atoms with Gasteiger partial charge in [-0.15, -0.1) is 0 Å². The van der Waals surface area contributed by atoms with Crippen molar-refractivity contribution in [3.63, 3.8) is 0 Å². The Hall–Kier alpha value is -3.12. The molecule has 154 valence electrons. The first-order valence-electron chi connectivity index (χ1n) is 9.76. The average Bonchev–Trinajstić information content (AvgIpc) is 2.70. The number of benzene rings is 2. The molecule has 0 radical (unpaired) electrons. The largest absolute Gasteiger partial charge is 0.326 e. The van der Waals surface area contributed by atoms with E-state index in [0.29, 0.717) is 22.0 Å². The monoisotopic (exact) mass is 419 g/mol. The zero-order chi connectivity index (χ0) is 21.7. The van der Waals surface area contributed by atoms with Crippen LogP contribution in [0.25, 0.3) is 0 Å². The van der Waals surface area contributed by atoms with Crippen LogP contribution in [0.15, 0.2) is 70.7 Å². The Balaban J connectivity index is 1.79. The van der Waals surface area contributed by atoms with Crippen molar-refractivity contribution in [2.75, 3.05) is 10.6 Å². The van der Waals surface area contributed by atoms with Crippen LogP contribution < -0.4 is 10.6 Å². The molecule has 5 nitrogen and oxygen atoms in total. The molecular weight excluding hydrogens is 394 g/mol. The Morgan fingerprint density at radius 2 is 1.67 bits per heavy atom. The molecule has 2 amide bonds. The van der Waals surface area contributed by atoms with Gasteiger partial charge in [0, 0.05) is 28.4 Å². The number of hydrogen-bond donors (Lipinski definition) is 2. The first-order chi connectivity index (χ1) is 14.3. The van der Waals surface area contributed by atoms with Gasteiger partial charge in [-0.3, -0.25) is 9.59 Å². The Morgan fingerprint density at radius 1 is 0.933 bits per heavy atom. The summed E-state index contributed by atoms with van der Waals surface area (Å²) in [6, 6.07) is 16.8. The molecule has 0 spiro atoms. The Labute approximate surface area is 181 Å². The normalized spacial score (nSPS) is 10.7. The Bertz CT molecular complexity index is 1080. The predicted molar refractivity (Wildman–Crippen MR) is 122 cm³/mol. The number of hydrogen-bond acceptors (Lipinski definition) is 4. The van der Waals surface area contributed by atoms with Gasteiger partial charge in [-0.2, -0.15) is 0 Å². The fourth-order valence-corrected chi connectivity index (χ4v) is 3.77. The van der Waals surface area contributed by atoms with Crippen LogP contribution in [0.1, 0.15) is 35.3 Å². The summed E-state index contributed by atoms with van der Waals surface area (Å²) in [7, 11) is 0. The fourth-order valence-electron chi connectivity index (χ4n) is 2.82. The molecule has 2 aromatic carbocycles. The highest BCUT2D eigenvalue weighted by molar-refractivity contribution is 7.99. The molecule has 30 heavy (non-hydrogen) atoms. The number of carbonyl (C=O) groups excluding carboxylic acids is 2. The van der Waals surface area contributed by atoms with Crippen LogP contribution in [0, 0.1) is 19.8 Å². The first kappa shape index (κ1) is 21.6. The first-order valence-corrected chi connectivity index (χ1v) is 10.6. The summed E-state index contributed by atoms with van der Waals surface area (Å²) >= 11 is 1.47. The lowest BCUT2D eigenvalue weighted by atomic mass is 10.2. The number of pyridine rings is 1. The topological polar surface area (TPSA) is 71.1 Å². The van der Waals surface area contributed by atoms with E-state index in [4.69, 9.17) is 0 Å². The van der Waals surface area contributed by atoms with Gasteiger partial charge in [0.15, 0.2) is 0 Å². The van der Waals surface area contributed by atoms with Crippen molar-refractivity contribution in [1.29, 1.82) is 0 Å². The number of carbonyl (C=O) groups is 2. The highest BCUT2D eigenvalue weighted by Crippen LogP contribution is 2.32. The third kappa shape index (κ3) is 5.48.